The SMILES string of the molecule is CC(NC(=O)c1ccc(S(=O)(=O)N2CCOCC2)cc1)c1ccccc1Cl. The monoisotopic (exact) mass is 408 g/mol. The van der Waals surface area contributed by atoms with Crippen LogP contribution in [0.5, 0.6) is 0 Å². The van der Waals surface area contributed by atoms with Crippen molar-refractivity contribution in [1.29, 1.82) is 0 Å². The van der Waals surface area contributed by atoms with E-state index in [1.54, 1.807) is 6.07 Å². The van der Waals surface area contributed by atoms with Gasteiger partial charge in [-0.05, 0) is 42.8 Å². The van der Waals surface area contributed by atoms with Crippen LogP contribution in [0.25, 0.3) is 0 Å². The number of ether oxygens (including phenoxy) is 1. The summed E-state index contributed by atoms with van der Waals surface area (Å²) < 4.78 is 31.8. The number of nitrogens with zero attached hydrogens (tertiary/aromatic N) is 1. The molecule has 0 saturated carbocycles. The molecule has 27 heavy (non-hydrogen) atoms. The average molecular weight is 409 g/mol. The summed E-state index contributed by atoms with van der Waals surface area (Å²) >= 11 is 6.16. The fraction of sp³-hybridized carbons (Fsp3) is 0.316. The summed E-state index contributed by atoms with van der Waals surface area (Å²) in [5, 5.41) is 3.46. The molecule has 3 rings (SSSR count). The molecule has 1 unspecified atom stereocenters. The number of amides is 1. The summed E-state index contributed by atoms with van der Waals surface area (Å²) in [6.07, 6.45) is 0. The van der Waals surface area contributed by atoms with Gasteiger partial charge in [0.15, 0.2) is 0 Å². The first kappa shape index (κ1) is 19.8. The lowest BCUT2D eigenvalue weighted by molar-refractivity contribution is 0.0730. The Labute approximate surface area is 164 Å². The Balaban J connectivity index is 1.71. The highest BCUT2D eigenvalue weighted by Crippen LogP contribution is 2.23. The molecular formula is C19H21ClN2O4S. The van der Waals surface area contributed by atoms with Crippen LogP contribution in [-0.4, -0.2) is 44.9 Å². The third-order valence-electron chi connectivity index (χ3n) is 4.44. The Hall–Kier alpha value is -1.93. The van der Waals surface area contributed by atoms with Crippen LogP contribution < -0.4 is 5.32 Å². The second-order valence-corrected chi connectivity index (χ2v) is 8.60. The van der Waals surface area contributed by atoms with Crippen molar-refractivity contribution in [2.75, 3.05) is 26.3 Å². The van der Waals surface area contributed by atoms with Gasteiger partial charge in [-0.25, -0.2) is 8.42 Å². The van der Waals surface area contributed by atoms with Gasteiger partial charge in [-0.3, -0.25) is 4.79 Å². The second-order valence-electron chi connectivity index (χ2n) is 6.26. The fourth-order valence-corrected chi connectivity index (χ4v) is 4.61. The van der Waals surface area contributed by atoms with Crippen molar-refractivity contribution in [3.05, 3.63) is 64.7 Å². The van der Waals surface area contributed by atoms with E-state index in [0.29, 0.717) is 36.9 Å². The third kappa shape index (κ3) is 4.50. The molecule has 6 nitrogen and oxygen atoms in total. The number of rotatable bonds is 5. The maximum absolute atomic E-state index is 12.6. The number of morpholine rings is 1. The van der Waals surface area contributed by atoms with Crippen LogP contribution >= 0.6 is 11.6 Å². The molecule has 0 bridgehead atoms. The Kier molecular flexibility index (Phi) is 6.16. The lowest BCUT2D eigenvalue weighted by Crippen LogP contribution is -2.40. The van der Waals surface area contributed by atoms with Crippen LogP contribution in [0.15, 0.2) is 53.4 Å². The molecule has 1 atom stereocenters. The van der Waals surface area contributed by atoms with E-state index in [1.807, 2.05) is 25.1 Å². The first-order chi connectivity index (χ1) is 12.9. The van der Waals surface area contributed by atoms with Gasteiger partial charge in [0.2, 0.25) is 10.0 Å². The standard InChI is InChI=1S/C19H21ClN2O4S/c1-14(17-4-2-3-5-18(17)20)21-19(23)15-6-8-16(9-7-15)27(24,25)22-10-12-26-13-11-22/h2-9,14H,10-13H2,1H3,(H,21,23). The van der Waals surface area contributed by atoms with Gasteiger partial charge < -0.3 is 10.1 Å². The van der Waals surface area contributed by atoms with Crippen molar-refractivity contribution in [2.24, 2.45) is 0 Å². The van der Waals surface area contributed by atoms with Gasteiger partial charge >= 0.3 is 0 Å². The fourth-order valence-electron chi connectivity index (χ4n) is 2.90. The largest absolute Gasteiger partial charge is 0.379 e. The minimum Gasteiger partial charge on any atom is -0.379 e. The Bertz CT molecular complexity index is 910. The maximum atomic E-state index is 12.6. The molecule has 2 aromatic rings. The van der Waals surface area contributed by atoms with Crippen molar-refractivity contribution in [3.8, 4) is 0 Å². The summed E-state index contributed by atoms with van der Waals surface area (Å²) in [5.41, 5.74) is 1.20. The minimum absolute atomic E-state index is 0.167. The van der Waals surface area contributed by atoms with E-state index in [4.69, 9.17) is 16.3 Å². The number of carbonyl (C=O) groups excluding carboxylic acids is 1. The van der Waals surface area contributed by atoms with Gasteiger partial charge in [-0.2, -0.15) is 4.31 Å². The van der Waals surface area contributed by atoms with E-state index in [9.17, 15) is 13.2 Å². The topological polar surface area (TPSA) is 75.7 Å². The average Bonchev–Trinajstić information content (AvgIpc) is 2.69. The summed E-state index contributed by atoms with van der Waals surface area (Å²) in [6, 6.07) is 13.0. The number of benzene rings is 2. The zero-order chi connectivity index (χ0) is 19.4. The first-order valence-electron chi connectivity index (χ1n) is 8.63. The van der Waals surface area contributed by atoms with Crippen molar-refractivity contribution < 1.29 is 17.9 Å². The number of hydrogen-bond donors (Lipinski definition) is 1. The zero-order valence-electron chi connectivity index (χ0n) is 14.9. The molecular weight excluding hydrogens is 388 g/mol. The van der Waals surface area contributed by atoms with Gasteiger partial charge in [0.25, 0.3) is 5.91 Å². The molecule has 1 aliphatic rings. The Morgan fingerprint density at radius 3 is 2.37 bits per heavy atom. The van der Waals surface area contributed by atoms with E-state index < -0.39 is 10.0 Å². The first-order valence-corrected chi connectivity index (χ1v) is 10.4. The molecule has 0 aromatic heterocycles. The van der Waals surface area contributed by atoms with Gasteiger partial charge in [0.1, 0.15) is 0 Å². The summed E-state index contributed by atoms with van der Waals surface area (Å²) in [4.78, 5) is 12.6. The van der Waals surface area contributed by atoms with Crippen LogP contribution in [0.3, 0.4) is 0 Å². The van der Waals surface area contributed by atoms with Gasteiger partial charge in [0.05, 0.1) is 24.2 Å². The summed E-state index contributed by atoms with van der Waals surface area (Å²) in [5.74, 6) is -0.294. The van der Waals surface area contributed by atoms with Crippen LogP contribution in [0, 0.1) is 0 Å². The van der Waals surface area contributed by atoms with E-state index >= 15 is 0 Å². The highest BCUT2D eigenvalue weighted by molar-refractivity contribution is 7.89. The molecule has 1 heterocycles. The van der Waals surface area contributed by atoms with Crippen LogP contribution in [0.4, 0.5) is 0 Å². The molecule has 1 aliphatic heterocycles. The molecule has 1 fully saturated rings. The Morgan fingerprint density at radius 2 is 1.74 bits per heavy atom. The zero-order valence-corrected chi connectivity index (χ0v) is 16.5. The molecule has 1 N–H and O–H groups in total. The molecule has 1 amide bonds. The van der Waals surface area contributed by atoms with Gasteiger partial charge in [-0.1, -0.05) is 29.8 Å². The number of hydrogen-bond acceptors (Lipinski definition) is 4. The lowest BCUT2D eigenvalue weighted by Gasteiger charge is -2.26. The van der Waals surface area contributed by atoms with Crippen molar-refractivity contribution in [2.45, 2.75) is 17.9 Å². The second kappa shape index (κ2) is 8.39. The molecule has 2 aromatic carbocycles. The van der Waals surface area contributed by atoms with E-state index in [2.05, 4.69) is 5.32 Å². The molecule has 1 saturated heterocycles. The lowest BCUT2D eigenvalue weighted by atomic mass is 10.1. The quantitative estimate of drug-likeness (QED) is 0.825. The Morgan fingerprint density at radius 1 is 1.11 bits per heavy atom. The predicted molar refractivity (Wildman–Crippen MR) is 103 cm³/mol. The van der Waals surface area contributed by atoms with Crippen LogP contribution in [0.1, 0.15) is 28.9 Å². The van der Waals surface area contributed by atoms with Gasteiger partial charge in [0, 0.05) is 23.7 Å². The normalized spacial score (nSPS) is 16.7. The van der Waals surface area contributed by atoms with E-state index in [0.717, 1.165) is 5.56 Å². The molecule has 0 aliphatic carbocycles. The van der Waals surface area contributed by atoms with Gasteiger partial charge in [-0.15, -0.1) is 0 Å². The summed E-state index contributed by atoms with van der Waals surface area (Å²) in [7, 11) is -3.57. The van der Waals surface area contributed by atoms with E-state index in [-0.39, 0.29) is 16.8 Å². The summed E-state index contributed by atoms with van der Waals surface area (Å²) in [6.45, 7) is 3.29. The smallest absolute Gasteiger partial charge is 0.251 e. The third-order valence-corrected chi connectivity index (χ3v) is 6.70. The highest BCUT2D eigenvalue weighted by atomic mass is 35.5. The number of carbonyl (C=O) groups is 1. The molecule has 144 valence electrons. The molecule has 8 heteroatoms. The van der Waals surface area contributed by atoms with Crippen LogP contribution in [-0.2, 0) is 14.8 Å². The van der Waals surface area contributed by atoms with Crippen LogP contribution in [0.2, 0.25) is 5.02 Å². The number of sulfonamides is 1. The minimum atomic E-state index is -3.57. The van der Waals surface area contributed by atoms with Crippen molar-refractivity contribution in [1.82, 2.24) is 9.62 Å². The van der Waals surface area contributed by atoms with Crippen molar-refractivity contribution in [3.63, 3.8) is 0 Å². The maximum Gasteiger partial charge on any atom is 0.251 e. The number of halogens is 1. The molecule has 0 spiro atoms. The van der Waals surface area contributed by atoms with E-state index in [1.165, 1.54) is 28.6 Å². The van der Waals surface area contributed by atoms with Crippen molar-refractivity contribution >= 4 is 27.5 Å². The highest BCUT2D eigenvalue weighted by Gasteiger charge is 2.26. The predicted octanol–water partition coefficient (Wildman–Crippen LogP) is 2.85. The number of nitrogens with one attached hydrogen (secondary N) is 1. The molecule has 0 radical (unpaired) electrons.